The fraction of sp³-hybridized carbons (Fsp3) is 0.231. The second-order valence-electron chi connectivity index (χ2n) is 4.07. The Morgan fingerprint density at radius 1 is 1.30 bits per heavy atom. The topological polar surface area (TPSA) is 84.4 Å². The van der Waals surface area contributed by atoms with Crippen molar-refractivity contribution < 1.29 is 19.4 Å². The molecule has 7 heteroatoms. The van der Waals surface area contributed by atoms with Gasteiger partial charge in [0.05, 0.1) is 19.9 Å². The maximum absolute atomic E-state index is 10.9. The summed E-state index contributed by atoms with van der Waals surface area (Å²) in [4.78, 5) is 10.9. The van der Waals surface area contributed by atoms with Crippen molar-refractivity contribution in [2.45, 2.75) is 6.92 Å². The fourth-order valence-corrected chi connectivity index (χ4v) is 2.10. The van der Waals surface area contributed by atoms with Gasteiger partial charge >= 0.3 is 5.97 Å². The number of carboxylic acids is 1. The molecule has 0 aliphatic carbocycles. The Kier molecular flexibility index (Phi) is 3.85. The molecule has 0 saturated carbocycles. The van der Waals surface area contributed by atoms with Crippen LogP contribution in [0, 0.1) is 6.92 Å². The van der Waals surface area contributed by atoms with Gasteiger partial charge in [0.2, 0.25) is 0 Å². The lowest BCUT2D eigenvalue weighted by Crippen LogP contribution is -1.97. The predicted octanol–water partition coefficient (Wildman–Crippen LogP) is 2.75. The number of nitrogens with zero attached hydrogens (tertiary/aromatic N) is 1. The van der Waals surface area contributed by atoms with Crippen LogP contribution in [0.5, 0.6) is 11.5 Å². The Morgan fingerprint density at radius 2 is 1.95 bits per heavy atom. The van der Waals surface area contributed by atoms with Crippen molar-refractivity contribution in [1.82, 2.24) is 10.2 Å². The second kappa shape index (κ2) is 5.42. The number of carboxylic acid groups (broad SMARTS) is 1. The van der Waals surface area contributed by atoms with E-state index in [-0.39, 0.29) is 5.69 Å². The Balaban J connectivity index is 2.66. The van der Waals surface area contributed by atoms with E-state index in [0.29, 0.717) is 27.8 Å². The van der Waals surface area contributed by atoms with Gasteiger partial charge in [-0.15, -0.1) is 0 Å². The van der Waals surface area contributed by atoms with Crippen LogP contribution >= 0.6 is 11.6 Å². The first kappa shape index (κ1) is 14.2. The van der Waals surface area contributed by atoms with Crippen LogP contribution in [-0.2, 0) is 0 Å². The third-order valence-electron chi connectivity index (χ3n) is 2.91. The number of hydrogen-bond acceptors (Lipinski definition) is 4. The van der Waals surface area contributed by atoms with E-state index in [4.69, 9.17) is 26.2 Å². The zero-order chi connectivity index (χ0) is 14.9. The number of aromatic carboxylic acids is 1. The predicted molar refractivity (Wildman–Crippen MR) is 73.8 cm³/mol. The van der Waals surface area contributed by atoms with E-state index in [1.807, 2.05) is 0 Å². The molecule has 1 heterocycles. The van der Waals surface area contributed by atoms with E-state index in [0.717, 1.165) is 5.56 Å². The average molecular weight is 297 g/mol. The van der Waals surface area contributed by atoms with Gasteiger partial charge in [0.25, 0.3) is 0 Å². The van der Waals surface area contributed by atoms with Gasteiger partial charge in [0.15, 0.2) is 11.5 Å². The summed E-state index contributed by atoms with van der Waals surface area (Å²) in [6.45, 7) is 1.81. The third kappa shape index (κ3) is 2.30. The molecule has 0 spiro atoms. The number of ether oxygens (including phenoxy) is 2. The Labute approximate surface area is 120 Å². The number of aromatic nitrogens is 2. The molecule has 106 valence electrons. The minimum Gasteiger partial charge on any atom is -0.493 e. The van der Waals surface area contributed by atoms with Crippen LogP contribution in [0.2, 0.25) is 5.02 Å². The molecule has 0 bridgehead atoms. The van der Waals surface area contributed by atoms with E-state index in [2.05, 4.69) is 10.2 Å². The summed E-state index contributed by atoms with van der Waals surface area (Å²) in [5.74, 6) is -0.138. The van der Waals surface area contributed by atoms with Gasteiger partial charge in [0, 0.05) is 16.1 Å². The Hall–Kier alpha value is -2.21. The van der Waals surface area contributed by atoms with Crippen LogP contribution in [-0.4, -0.2) is 35.5 Å². The molecule has 2 N–H and O–H groups in total. The number of H-pyrrole nitrogens is 1. The number of benzene rings is 1. The molecule has 1 aromatic heterocycles. The van der Waals surface area contributed by atoms with Crippen molar-refractivity contribution in [1.29, 1.82) is 0 Å². The van der Waals surface area contributed by atoms with Crippen LogP contribution in [0.25, 0.3) is 11.3 Å². The minimum atomic E-state index is -1.09. The van der Waals surface area contributed by atoms with Gasteiger partial charge in [-0.3, -0.25) is 5.10 Å². The molecule has 0 aliphatic rings. The summed E-state index contributed by atoms with van der Waals surface area (Å²) in [6.07, 6.45) is 0. The highest BCUT2D eigenvalue weighted by Crippen LogP contribution is 2.43. The van der Waals surface area contributed by atoms with Gasteiger partial charge in [-0.05, 0) is 19.1 Å². The number of rotatable bonds is 4. The number of halogens is 1. The van der Waals surface area contributed by atoms with Crippen molar-refractivity contribution in [2.24, 2.45) is 0 Å². The Morgan fingerprint density at radius 3 is 2.45 bits per heavy atom. The van der Waals surface area contributed by atoms with Gasteiger partial charge in [0.1, 0.15) is 5.69 Å². The minimum absolute atomic E-state index is 0.0160. The first-order chi connectivity index (χ1) is 9.49. The molecule has 20 heavy (non-hydrogen) atoms. The quantitative estimate of drug-likeness (QED) is 0.906. The molecule has 6 nitrogen and oxygen atoms in total. The van der Waals surface area contributed by atoms with E-state index >= 15 is 0 Å². The van der Waals surface area contributed by atoms with E-state index < -0.39 is 5.97 Å². The monoisotopic (exact) mass is 296 g/mol. The van der Waals surface area contributed by atoms with Crippen LogP contribution in [0.3, 0.4) is 0 Å². The first-order valence-electron chi connectivity index (χ1n) is 5.69. The van der Waals surface area contributed by atoms with Gasteiger partial charge < -0.3 is 14.6 Å². The van der Waals surface area contributed by atoms with Gasteiger partial charge in [-0.1, -0.05) is 11.6 Å². The molecule has 0 atom stereocenters. The highest BCUT2D eigenvalue weighted by Gasteiger charge is 2.20. The average Bonchev–Trinajstić information content (AvgIpc) is 2.90. The van der Waals surface area contributed by atoms with Crippen molar-refractivity contribution in [2.75, 3.05) is 14.2 Å². The van der Waals surface area contributed by atoms with Gasteiger partial charge in [-0.2, -0.15) is 5.10 Å². The molecule has 0 aliphatic heterocycles. The van der Waals surface area contributed by atoms with Gasteiger partial charge in [-0.25, -0.2) is 4.79 Å². The summed E-state index contributed by atoms with van der Waals surface area (Å²) in [7, 11) is 3.01. The highest BCUT2D eigenvalue weighted by atomic mass is 35.5. The summed E-state index contributed by atoms with van der Waals surface area (Å²) in [5.41, 5.74) is 1.70. The normalized spacial score (nSPS) is 10.4. The second-order valence-corrected chi connectivity index (χ2v) is 4.48. The van der Waals surface area contributed by atoms with Crippen LogP contribution in [0.1, 0.15) is 16.1 Å². The van der Waals surface area contributed by atoms with Crippen molar-refractivity contribution in [3.63, 3.8) is 0 Å². The van der Waals surface area contributed by atoms with E-state index in [9.17, 15) is 4.79 Å². The van der Waals surface area contributed by atoms with Crippen LogP contribution in [0.4, 0.5) is 0 Å². The molecular weight excluding hydrogens is 284 g/mol. The molecular formula is C13H13ClN2O4. The zero-order valence-electron chi connectivity index (χ0n) is 11.2. The number of nitrogens with one attached hydrogen (secondary N) is 1. The number of hydrogen-bond donors (Lipinski definition) is 2. The SMILES string of the molecule is COc1c(-c2cc(C(=O)O)[nH]n2)cc(Cl)c(C)c1OC. The number of aromatic amines is 1. The Bertz CT molecular complexity index is 667. The summed E-state index contributed by atoms with van der Waals surface area (Å²) >= 11 is 6.16. The molecule has 0 fully saturated rings. The summed E-state index contributed by atoms with van der Waals surface area (Å²) < 4.78 is 10.6. The first-order valence-corrected chi connectivity index (χ1v) is 6.07. The molecule has 1 aromatic carbocycles. The van der Waals surface area contributed by atoms with Crippen molar-refractivity contribution >= 4 is 17.6 Å². The molecule has 0 unspecified atom stereocenters. The molecule has 2 aromatic rings. The largest absolute Gasteiger partial charge is 0.493 e. The summed E-state index contributed by atoms with van der Waals surface area (Å²) in [5, 5.41) is 15.8. The maximum atomic E-state index is 10.9. The van der Waals surface area contributed by atoms with Crippen molar-refractivity contribution in [3.8, 4) is 22.8 Å². The lowest BCUT2D eigenvalue weighted by Gasteiger charge is -2.15. The number of carbonyl (C=O) groups is 1. The molecule has 2 rings (SSSR count). The smallest absolute Gasteiger partial charge is 0.353 e. The lowest BCUT2D eigenvalue weighted by atomic mass is 10.1. The lowest BCUT2D eigenvalue weighted by molar-refractivity contribution is 0.0690. The zero-order valence-corrected chi connectivity index (χ0v) is 11.9. The third-order valence-corrected chi connectivity index (χ3v) is 3.31. The maximum Gasteiger partial charge on any atom is 0.353 e. The highest BCUT2D eigenvalue weighted by molar-refractivity contribution is 6.32. The number of methoxy groups -OCH3 is 2. The molecule has 0 amide bonds. The molecule has 0 saturated heterocycles. The molecule has 0 radical (unpaired) electrons. The van der Waals surface area contributed by atoms with E-state index in [1.165, 1.54) is 20.3 Å². The van der Waals surface area contributed by atoms with Crippen LogP contribution < -0.4 is 9.47 Å². The van der Waals surface area contributed by atoms with Crippen LogP contribution in [0.15, 0.2) is 12.1 Å². The summed E-state index contributed by atoms with van der Waals surface area (Å²) in [6, 6.07) is 3.07. The van der Waals surface area contributed by atoms with E-state index in [1.54, 1.807) is 13.0 Å². The fourth-order valence-electron chi connectivity index (χ4n) is 1.91. The standard InChI is InChI=1S/C13H13ClN2O4/c1-6-8(14)4-7(12(20-3)11(6)19-2)9-5-10(13(17)18)16-15-9/h4-5H,1-3H3,(H,15,16)(H,17,18). The van der Waals surface area contributed by atoms with Crippen molar-refractivity contribution in [3.05, 3.63) is 28.4 Å².